The Morgan fingerprint density at radius 1 is 1.53 bits per heavy atom. The van der Waals surface area contributed by atoms with Crippen molar-refractivity contribution in [1.82, 2.24) is 5.32 Å². The van der Waals surface area contributed by atoms with Crippen LogP contribution in [0.25, 0.3) is 0 Å². The first-order valence-electron chi connectivity index (χ1n) is 4.40. The van der Waals surface area contributed by atoms with E-state index in [0.29, 0.717) is 18.0 Å². The summed E-state index contributed by atoms with van der Waals surface area (Å²) in [6.07, 6.45) is 0.0299. The zero-order valence-electron chi connectivity index (χ0n) is 7.90. The first-order chi connectivity index (χ1) is 7.13. The molecule has 0 spiro atoms. The summed E-state index contributed by atoms with van der Waals surface area (Å²) in [7, 11) is 0. The summed E-state index contributed by atoms with van der Waals surface area (Å²) >= 11 is 8.63. The summed E-state index contributed by atoms with van der Waals surface area (Å²) < 4.78 is 14.0. The lowest BCUT2D eigenvalue weighted by atomic mass is 10.1. The largest absolute Gasteiger partial charge is 0.355 e. The van der Waals surface area contributed by atoms with Gasteiger partial charge in [0.05, 0.1) is 6.42 Å². The van der Waals surface area contributed by atoms with Gasteiger partial charge in [-0.1, -0.05) is 15.9 Å². The van der Waals surface area contributed by atoms with Gasteiger partial charge in [-0.25, -0.2) is 4.39 Å². The van der Waals surface area contributed by atoms with Gasteiger partial charge in [-0.05, 0) is 23.8 Å². The highest BCUT2D eigenvalue weighted by Gasteiger charge is 2.07. The topological polar surface area (TPSA) is 29.1 Å². The second-order valence-electron chi connectivity index (χ2n) is 2.95. The zero-order valence-corrected chi connectivity index (χ0v) is 10.2. The highest BCUT2D eigenvalue weighted by molar-refractivity contribution is 9.10. The average molecular weight is 295 g/mol. The molecule has 0 saturated carbocycles. The van der Waals surface area contributed by atoms with Crippen LogP contribution in [0.5, 0.6) is 0 Å². The molecule has 0 fully saturated rings. The fourth-order valence-corrected chi connectivity index (χ4v) is 1.60. The molecule has 0 aliphatic heterocycles. The van der Waals surface area contributed by atoms with Gasteiger partial charge < -0.3 is 5.32 Å². The number of nitrogens with one attached hydrogen (secondary N) is 1. The first-order valence-corrected chi connectivity index (χ1v) is 5.73. The van der Waals surface area contributed by atoms with Crippen LogP contribution < -0.4 is 5.32 Å². The molecule has 2 nitrogen and oxygen atoms in total. The minimum absolute atomic E-state index is 0.0299. The number of alkyl halides is 1. The van der Waals surface area contributed by atoms with Crippen molar-refractivity contribution in [3.63, 3.8) is 0 Å². The zero-order chi connectivity index (χ0) is 11.3. The maximum atomic E-state index is 13.2. The normalized spacial score (nSPS) is 10.1. The molecule has 0 unspecified atom stereocenters. The molecule has 1 rings (SSSR count). The van der Waals surface area contributed by atoms with Crippen molar-refractivity contribution in [2.75, 3.05) is 12.4 Å². The van der Waals surface area contributed by atoms with E-state index >= 15 is 0 Å². The molecule has 1 amide bonds. The van der Waals surface area contributed by atoms with Crippen LogP contribution in [0.1, 0.15) is 5.56 Å². The van der Waals surface area contributed by atoms with Crippen LogP contribution in [0.2, 0.25) is 0 Å². The Balaban J connectivity index is 2.63. The van der Waals surface area contributed by atoms with E-state index in [-0.39, 0.29) is 18.1 Å². The third kappa shape index (κ3) is 4.18. The molecule has 0 radical (unpaired) electrons. The number of carbonyl (C=O) groups excluding carboxylic acids is 1. The standard InChI is InChI=1S/C10H10BrClFNO/c11-8-1-2-9(13)7(5-8)6-10(15)14-4-3-12/h1-2,5H,3-4,6H2,(H,14,15). The number of amides is 1. The molecular weight excluding hydrogens is 284 g/mol. The Morgan fingerprint density at radius 3 is 2.93 bits per heavy atom. The van der Waals surface area contributed by atoms with Crippen molar-refractivity contribution in [1.29, 1.82) is 0 Å². The number of hydrogen-bond acceptors (Lipinski definition) is 1. The molecule has 82 valence electrons. The molecule has 0 saturated heterocycles. The molecule has 15 heavy (non-hydrogen) atoms. The summed E-state index contributed by atoms with van der Waals surface area (Å²) in [6, 6.07) is 4.51. The minimum Gasteiger partial charge on any atom is -0.355 e. The predicted molar refractivity (Wildman–Crippen MR) is 61.5 cm³/mol. The third-order valence-corrected chi connectivity index (χ3v) is 2.46. The minimum atomic E-state index is -0.376. The lowest BCUT2D eigenvalue weighted by molar-refractivity contribution is -0.120. The fourth-order valence-electron chi connectivity index (χ4n) is 1.10. The Kier molecular flexibility index (Phi) is 5.05. The van der Waals surface area contributed by atoms with Gasteiger partial charge >= 0.3 is 0 Å². The molecule has 1 aromatic carbocycles. The van der Waals surface area contributed by atoms with Gasteiger partial charge in [-0.3, -0.25) is 4.79 Å². The maximum absolute atomic E-state index is 13.2. The van der Waals surface area contributed by atoms with Gasteiger partial charge in [0.1, 0.15) is 5.82 Å². The van der Waals surface area contributed by atoms with Crippen molar-refractivity contribution in [2.45, 2.75) is 6.42 Å². The van der Waals surface area contributed by atoms with Crippen LogP contribution >= 0.6 is 27.5 Å². The molecule has 0 aromatic heterocycles. The average Bonchev–Trinajstić information content (AvgIpc) is 2.20. The third-order valence-electron chi connectivity index (χ3n) is 1.78. The summed E-state index contributed by atoms with van der Waals surface area (Å²) in [4.78, 5) is 11.3. The smallest absolute Gasteiger partial charge is 0.224 e. The monoisotopic (exact) mass is 293 g/mol. The van der Waals surface area contributed by atoms with E-state index in [0.717, 1.165) is 4.47 Å². The van der Waals surface area contributed by atoms with Crippen LogP contribution in [-0.4, -0.2) is 18.3 Å². The molecule has 0 aliphatic rings. The number of benzene rings is 1. The lowest BCUT2D eigenvalue weighted by Gasteiger charge is -2.04. The number of halogens is 3. The fraction of sp³-hybridized carbons (Fsp3) is 0.300. The lowest BCUT2D eigenvalue weighted by Crippen LogP contribution is -2.27. The quantitative estimate of drug-likeness (QED) is 0.849. The Hall–Kier alpha value is -0.610. The Bertz CT molecular complexity index is 359. The maximum Gasteiger partial charge on any atom is 0.224 e. The van der Waals surface area contributed by atoms with Gasteiger partial charge in [0, 0.05) is 16.9 Å². The predicted octanol–water partition coefficient (Wildman–Crippen LogP) is 2.49. The summed E-state index contributed by atoms with van der Waals surface area (Å²) in [5.74, 6) is -0.251. The van der Waals surface area contributed by atoms with E-state index in [4.69, 9.17) is 11.6 Å². The molecule has 0 atom stereocenters. The number of carbonyl (C=O) groups is 1. The van der Waals surface area contributed by atoms with Crippen molar-refractivity contribution in [2.24, 2.45) is 0 Å². The summed E-state index contributed by atoms with van der Waals surface area (Å²) in [5, 5.41) is 2.57. The van der Waals surface area contributed by atoms with Crippen LogP contribution in [0.15, 0.2) is 22.7 Å². The van der Waals surface area contributed by atoms with Gasteiger partial charge in [-0.2, -0.15) is 0 Å². The second kappa shape index (κ2) is 6.08. The van der Waals surface area contributed by atoms with Crippen molar-refractivity contribution >= 4 is 33.4 Å². The SMILES string of the molecule is O=C(Cc1cc(Br)ccc1F)NCCCl. The highest BCUT2D eigenvalue weighted by Crippen LogP contribution is 2.15. The molecule has 5 heteroatoms. The number of hydrogen-bond donors (Lipinski definition) is 1. The molecule has 0 aliphatic carbocycles. The summed E-state index contributed by atoms with van der Waals surface area (Å²) in [5.41, 5.74) is 0.372. The van der Waals surface area contributed by atoms with Gasteiger partial charge in [-0.15, -0.1) is 11.6 Å². The van der Waals surface area contributed by atoms with Gasteiger partial charge in [0.25, 0.3) is 0 Å². The molecular formula is C10H10BrClFNO. The van der Waals surface area contributed by atoms with E-state index < -0.39 is 0 Å². The second-order valence-corrected chi connectivity index (χ2v) is 4.25. The van der Waals surface area contributed by atoms with Gasteiger partial charge in [0.2, 0.25) is 5.91 Å². The first kappa shape index (κ1) is 12.5. The van der Waals surface area contributed by atoms with Crippen LogP contribution in [0, 0.1) is 5.82 Å². The molecule has 0 heterocycles. The van der Waals surface area contributed by atoms with E-state index in [2.05, 4.69) is 21.2 Å². The van der Waals surface area contributed by atoms with Crippen LogP contribution in [0.4, 0.5) is 4.39 Å². The van der Waals surface area contributed by atoms with Crippen LogP contribution in [0.3, 0.4) is 0 Å². The number of rotatable bonds is 4. The molecule has 1 aromatic rings. The Morgan fingerprint density at radius 2 is 2.27 bits per heavy atom. The van der Waals surface area contributed by atoms with Crippen molar-refractivity contribution in [3.8, 4) is 0 Å². The van der Waals surface area contributed by atoms with Gasteiger partial charge in [0.15, 0.2) is 0 Å². The van der Waals surface area contributed by atoms with E-state index in [9.17, 15) is 9.18 Å². The highest BCUT2D eigenvalue weighted by atomic mass is 79.9. The summed E-state index contributed by atoms with van der Waals surface area (Å²) in [6.45, 7) is 0.399. The van der Waals surface area contributed by atoms with E-state index in [1.165, 1.54) is 6.07 Å². The van der Waals surface area contributed by atoms with Crippen molar-refractivity contribution < 1.29 is 9.18 Å². The van der Waals surface area contributed by atoms with Crippen LogP contribution in [-0.2, 0) is 11.2 Å². The molecule has 0 bridgehead atoms. The van der Waals surface area contributed by atoms with E-state index in [1.807, 2.05) is 0 Å². The van der Waals surface area contributed by atoms with E-state index in [1.54, 1.807) is 12.1 Å². The van der Waals surface area contributed by atoms with Crippen molar-refractivity contribution in [3.05, 3.63) is 34.1 Å². The molecule has 1 N–H and O–H groups in total. The Labute approximate surface area is 101 Å².